The average molecular weight is 435 g/mol. The second kappa shape index (κ2) is 10.0. The van der Waals surface area contributed by atoms with Crippen molar-refractivity contribution in [1.82, 2.24) is 5.32 Å². The van der Waals surface area contributed by atoms with E-state index in [-0.39, 0.29) is 24.0 Å². The van der Waals surface area contributed by atoms with Crippen LogP contribution in [0.3, 0.4) is 0 Å². The Labute approximate surface area is 186 Å². The van der Waals surface area contributed by atoms with E-state index in [2.05, 4.69) is 5.32 Å². The molecule has 0 aliphatic rings. The molecule has 0 aliphatic carbocycles. The highest BCUT2D eigenvalue weighted by molar-refractivity contribution is 6.31. The van der Waals surface area contributed by atoms with E-state index in [0.717, 1.165) is 5.56 Å². The third-order valence-corrected chi connectivity index (χ3v) is 5.17. The monoisotopic (exact) mass is 434 g/mol. The van der Waals surface area contributed by atoms with Crippen LogP contribution in [-0.4, -0.2) is 24.6 Å². The van der Waals surface area contributed by atoms with E-state index in [1.165, 1.54) is 11.8 Å². The minimum atomic E-state index is -0.478. The molecule has 2 amide bonds. The van der Waals surface area contributed by atoms with E-state index in [1.54, 1.807) is 49.5 Å². The third-order valence-electron chi connectivity index (χ3n) is 4.93. The summed E-state index contributed by atoms with van der Waals surface area (Å²) in [4.78, 5) is 39.3. The number of ketones is 1. The molecular formula is C25H23ClN2O3. The highest BCUT2D eigenvalue weighted by Crippen LogP contribution is 2.28. The van der Waals surface area contributed by atoms with Gasteiger partial charge in [-0.3, -0.25) is 14.4 Å². The zero-order chi connectivity index (χ0) is 22.4. The number of hydrogen-bond acceptors (Lipinski definition) is 3. The van der Waals surface area contributed by atoms with Crippen molar-refractivity contribution in [1.29, 1.82) is 0 Å². The molecule has 5 nitrogen and oxygen atoms in total. The van der Waals surface area contributed by atoms with Crippen molar-refractivity contribution in [2.45, 2.75) is 19.4 Å². The van der Waals surface area contributed by atoms with E-state index in [1.807, 2.05) is 36.4 Å². The third kappa shape index (κ3) is 5.58. The molecule has 1 N–H and O–H groups in total. The topological polar surface area (TPSA) is 66.5 Å². The van der Waals surface area contributed by atoms with Gasteiger partial charge in [-0.2, -0.15) is 0 Å². The molecule has 0 saturated heterocycles. The Balaban J connectivity index is 1.89. The smallest absolute Gasteiger partial charge is 0.229 e. The number of benzene rings is 3. The van der Waals surface area contributed by atoms with Crippen LogP contribution < -0.4 is 10.2 Å². The van der Waals surface area contributed by atoms with Crippen molar-refractivity contribution in [3.8, 4) is 0 Å². The molecule has 1 unspecified atom stereocenters. The number of nitrogens with zero attached hydrogens (tertiary/aromatic N) is 1. The average Bonchev–Trinajstić information content (AvgIpc) is 2.78. The molecule has 158 valence electrons. The fourth-order valence-electron chi connectivity index (χ4n) is 3.36. The Morgan fingerprint density at radius 3 is 2.16 bits per heavy atom. The van der Waals surface area contributed by atoms with Gasteiger partial charge in [0, 0.05) is 30.1 Å². The lowest BCUT2D eigenvalue weighted by atomic mass is 10.00. The van der Waals surface area contributed by atoms with Gasteiger partial charge in [-0.25, -0.2) is 0 Å². The first-order chi connectivity index (χ1) is 14.9. The zero-order valence-electron chi connectivity index (χ0n) is 17.3. The molecule has 0 saturated carbocycles. The fourth-order valence-corrected chi connectivity index (χ4v) is 3.53. The highest BCUT2D eigenvalue weighted by atomic mass is 35.5. The summed E-state index contributed by atoms with van der Waals surface area (Å²) in [6.07, 6.45) is 0.0433. The molecule has 6 heteroatoms. The van der Waals surface area contributed by atoms with Crippen LogP contribution in [-0.2, 0) is 9.59 Å². The van der Waals surface area contributed by atoms with E-state index < -0.39 is 6.04 Å². The first-order valence-corrected chi connectivity index (χ1v) is 10.2. The molecule has 0 bridgehead atoms. The van der Waals surface area contributed by atoms with Gasteiger partial charge < -0.3 is 10.2 Å². The fraction of sp³-hybridized carbons (Fsp3) is 0.160. The molecule has 0 aromatic heterocycles. The van der Waals surface area contributed by atoms with Crippen molar-refractivity contribution < 1.29 is 14.4 Å². The predicted molar refractivity (Wildman–Crippen MR) is 122 cm³/mol. The molecule has 3 aromatic rings. The maximum atomic E-state index is 13.1. The SMILES string of the molecule is CC(=O)NC(CC(=O)N(C)c1ccc(Cl)cc1C(=O)c1ccccc1)c1ccccc1. The molecule has 3 rings (SSSR count). The van der Waals surface area contributed by atoms with Crippen molar-refractivity contribution in [3.63, 3.8) is 0 Å². The second-order valence-corrected chi connectivity index (χ2v) is 7.61. The Morgan fingerprint density at radius 2 is 1.55 bits per heavy atom. The first kappa shape index (κ1) is 22.2. The quantitative estimate of drug-likeness (QED) is 0.543. The number of halogens is 1. The van der Waals surface area contributed by atoms with Crippen molar-refractivity contribution >= 4 is 34.9 Å². The van der Waals surface area contributed by atoms with Crippen LogP contribution in [0.15, 0.2) is 78.9 Å². The van der Waals surface area contributed by atoms with Gasteiger partial charge in [-0.15, -0.1) is 0 Å². The maximum absolute atomic E-state index is 13.1. The van der Waals surface area contributed by atoms with E-state index >= 15 is 0 Å². The van der Waals surface area contributed by atoms with Gasteiger partial charge in [0.05, 0.1) is 18.2 Å². The molecule has 1 atom stereocenters. The number of nitrogens with one attached hydrogen (secondary N) is 1. The van der Waals surface area contributed by atoms with Crippen LogP contribution in [0.25, 0.3) is 0 Å². The molecule has 0 radical (unpaired) electrons. The molecular weight excluding hydrogens is 412 g/mol. The van der Waals surface area contributed by atoms with Crippen LogP contribution in [0.1, 0.15) is 40.9 Å². The number of hydrogen-bond donors (Lipinski definition) is 1. The van der Waals surface area contributed by atoms with Gasteiger partial charge in [0.15, 0.2) is 5.78 Å². The Bertz CT molecular complexity index is 1080. The summed E-state index contributed by atoms with van der Waals surface area (Å²) in [5, 5.41) is 3.24. The van der Waals surface area contributed by atoms with E-state index in [0.29, 0.717) is 21.8 Å². The van der Waals surface area contributed by atoms with Gasteiger partial charge in [0.25, 0.3) is 0 Å². The van der Waals surface area contributed by atoms with Gasteiger partial charge in [-0.1, -0.05) is 72.3 Å². The Morgan fingerprint density at radius 1 is 0.935 bits per heavy atom. The summed E-state index contributed by atoms with van der Waals surface area (Å²) in [6.45, 7) is 1.42. The molecule has 31 heavy (non-hydrogen) atoms. The molecule has 0 aliphatic heterocycles. The lowest BCUT2D eigenvalue weighted by molar-refractivity contribution is -0.121. The minimum absolute atomic E-state index is 0.0433. The van der Waals surface area contributed by atoms with Crippen LogP contribution in [0.4, 0.5) is 5.69 Å². The van der Waals surface area contributed by atoms with Gasteiger partial charge in [0.1, 0.15) is 0 Å². The lowest BCUT2D eigenvalue weighted by Crippen LogP contribution is -2.34. The van der Waals surface area contributed by atoms with Crippen molar-refractivity contribution in [2.24, 2.45) is 0 Å². The first-order valence-electron chi connectivity index (χ1n) is 9.84. The van der Waals surface area contributed by atoms with Crippen molar-refractivity contribution in [3.05, 3.63) is 101 Å². The van der Waals surface area contributed by atoms with Gasteiger partial charge in [0.2, 0.25) is 11.8 Å². The summed E-state index contributed by atoms with van der Waals surface area (Å²) in [5.74, 6) is -0.693. The standard InChI is InChI=1S/C25H23ClN2O3/c1-17(29)27-22(18-9-5-3-6-10-18)16-24(30)28(2)23-14-13-20(26)15-21(23)25(31)19-11-7-4-8-12-19/h3-15,22H,16H2,1-2H3,(H,27,29). The summed E-state index contributed by atoms with van der Waals surface area (Å²) in [7, 11) is 1.61. The summed E-state index contributed by atoms with van der Waals surface area (Å²) in [5.41, 5.74) is 2.13. The van der Waals surface area contributed by atoms with Crippen LogP contribution in [0.2, 0.25) is 5.02 Å². The van der Waals surface area contributed by atoms with Gasteiger partial charge in [-0.05, 0) is 23.8 Å². The Hall–Kier alpha value is -3.44. The number of carbonyl (C=O) groups is 3. The summed E-state index contributed by atoms with van der Waals surface area (Å²) < 4.78 is 0. The number of carbonyl (C=O) groups excluding carboxylic acids is 3. The van der Waals surface area contributed by atoms with Crippen LogP contribution in [0.5, 0.6) is 0 Å². The number of anilines is 1. The predicted octanol–water partition coefficient (Wildman–Crippen LogP) is 4.80. The molecule has 3 aromatic carbocycles. The van der Waals surface area contributed by atoms with Crippen LogP contribution >= 0.6 is 11.6 Å². The maximum Gasteiger partial charge on any atom is 0.229 e. The number of amides is 2. The van der Waals surface area contributed by atoms with E-state index in [4.69, 9.17) is 11.6 Å². The summed E-state index contributed by atoms with van der Waals surface area (Å²) >= 11 is 6.15. The van der Waals surface area contributed by atoms with Crippen LogP contribution in [0, 0.1) is 0 Å². The second-order valence-electron chi connectivity index (χ2n) is 7.18. The van der Waals surface area contributed by atoms with Gasteiger partial charge >= 0.3 is 0 Å². The van der Waals surface area contributed by atoms with Crippen molar-refractivity contribution in [2.75, 3.05) is 11.9 Å². The van der Waals surface area contributed by atoms with E-state index in [9.17, 15) is 14.4 Å². The normalized spacial score (nSPS) is 11.5. The summed E-state index contributed by atoms with van der Waals surface area (Å²) in [6, 6.07) is 22.5. The molecule has 0 heterocycles. The minimum Gasteiger partial charge on any atom is -0.349 e. The lowest BCUT2D eigenvalue weighted by Gasteiger charge is -2.24. The molecule has 0 spiro atoms. The largest absolute Gasteiger partial charge is 0.349 e. The Kier molecular flexibility index (Phi) is 7.21. The zero-order valence-corrected chi connectivity index (χ0v) is 18.1. The molecule has 0 fully saturated rings. The highest BCUT2D eigenvalue weighted by Gasteiger charge is 2.24. The number of rotatable bonds is 7.